The van der Waals surface area contributed by atoms with Crippen molar-refractivity contribution < 1.29 is 4.74 Å². The Labute approximate surface area is 121 Å². The van der Waals surface area contributed by atoms with Crippen LogP contribution in [-0.2, 0) is 11.3 Å². The molecule has 2 rings (SSSR count). The summed E-state index contributed by atoms with van der Waals surface area (Å²) in [7, 11) is 1.79. The van der Waals surface area contributed by atoms with Gasteiger partial charge in [0.1, 0.15) is 5.82 Å². The standard InChI is InChI=1S/C15H26N4O/c1-12(2)17-9-13-8-16-10-14(18-13)19-7-5-6-15(3,11-19)20-4/h8,10,12,17H,5-7,9,11H2,1-4H3. The van der Waals surface area contributed by atoms with Gasteiger partial charge in [-0.1, -0.05) is 13.8 Å². The molecule has 0 radical (unpaired) electrons. The van der Waals surface area contributed by atoms with Gasteiger partial charge in [-0.05, 0) is 19.8 Å². The van der Waals surface area contributed by atoms with Crippen LogP contribution in [0.15, 0.2) is 12.4 Å². The van der Waals surface area contributed by atoms with Gasteiger partial charge in [-0.3, -0.25) is 4.98 Å². The van der Waals surface area contributed by atoms with Crippen LogP contribution < -0.4 is 10.2 Å². The summed E-state index contributed by atoms with van der Waals surface area (Å²) in [5, 5.41) is 3.37. The smallest absolute Gasteiger partial charge is 0.147 e. The van der Waals surface area contributed by atoms with Gasteiger partial charge < -0.3 is 15.0 Å². The molecule has 1 atom stereocenters. The van der Waals surface area contributed by atoms with E-state index in [1.54, 1.807) is 7.11 Å². The number of nitrogens with zero attached hydrogens (tertiary/aromatic N) is 3. The van der Waals surface area contributed by atoms with Gasteiger partial charge in [0.25, 0.3) is 0 Å². The van der Waals surface area contributed by atoms with Crippen LogP contribution in [0, 0.1) is 0 Å². The third-order valence-electron chi connectivity index (χ3n) is 3.84. The molecule has 1 aromatic rings. The summed E-state index contributed by atoms with van der Waals surface area (Å²) < 4.78 is 5.64. The molecule has 112 valence electrons. The molecule has 0 saturated carbocycles. The maximum atomic E-state index is 5.64. The molecule has 1 fully saturated rings. The zero-order valence-electron chi connectivity index (χ0n) is 13.0. The highest BCUT2D eigenvalue weighted by Crippen LogP contribution is 2.26. The molecule has 0 aromatic carbocycles. The first-order valence-corrected chi connectivity index (χ1v) is 7.37. The highest BCUT2D eigenvalue weighted by Gasteiger charge is 2.31. The van der Waals surface area contributed by atoms with Crippen LogP contribution in [0.5, 0.6) is 0 Å². The molecule has 0 aliphatic carbocycles. The Morgan fingerprint density at radius 1 is 1.45 bits per heavy atom. The van der Waals surface area contributed by atoms with Crippen molar-refractivity contribution in [1.29, 1.82) is 0 Å². The lowest BCUT2D eigenvalue weighted by Gasteiger charge is -2.40. The molecule has 1 aromatic heterocycles. The second-order valence-electron chi connectivity index (χ2n) is 6.08. The van der Waals surface area contributed by atoms with E-state index in [1.165, 1.54) is 0 Å². The van der Waals surface area contributed by atoms with Gasteiger partial charge in [0, 0.05) is 39.0 Å². The van der Waals surface area contributed by atoms with Crippen molar-refractivity contribution in [3.8, 4) is 0 Å². The quantitative estimate of drug-likeness (QED) is 0.892. The topological polar surface area (TPSA) is 50.3 Å². The lowest BCUT2D eigenvalue weighted by Crippen LogP contribution is -2.47. The van der Waals surface area contributed by atoms with Gasteiger partial charge >= 0.3 is 0 Å². The van der Waals surface area contributed by atoms with Crippen LogP contribution in [0.25, 0.3) is 0 Å². The number of ether oxygens (including phenoxy) is 1. The lowest BCUT2D eigenvalue weighted by atomic mass is 9.95. The summed E-state index contributed by atoms with van der Waals surface area (Å²) in [5.74, 6) is 0.955. The second kappa shape index (κ2) is 6.50. The number of hydrogen-bond donors (Lipinski definition) is 1. The monoisotopic (exact) mass is 278 g/mol. The van der Waals surface area contributed by atoms with E-state index in [-0.39, 0.29) is 5.60 Å². The van der Waals surface area contributed by atoms with Gasteiger partial charge in [0.15, 0.2) is 0 Å². The van der Waals surface area contributed by atoms with E-state index in [0.717, 1.165) is 44.0 Å². The molecule has 2 heterocycles. The zero-order valence-corrected chi connectivity index (χ0v) is 13.0. The maximum Gasteiger partial charge on any atom is 0.147 e. The number of piperidine rings is 1. The van der Waals surface area contributed by atoms with Crippen molar-refractivity contribution >= 4 is 5.82 Å². The average Bonchev–Trinajstić information content (AvgIpc) is 2.45. The minimum atomic E-state index is -0.0773. The summed E-state index contributed by atoms with van der Waals surface area (Å²) in [4.78, 5) is 11.3. The summed E-state index contributed by atoms with van der Waals surface area (Å²) in [6.45, 7) is 9.08. The van der Waals surface area contributed by atoms with Crippen molar-refractivity contribution in [2.24, 2.45) is 0 Å². The Kier molecular flexibility index (Phi) is 4.94. The highest BCUT2D eigenvalue weighted by atomic mass is 16.5. The van der Waals surface area contributed by atoms with Crippen molar-refractivity contribution in [2.45, 2.75) is 51.8 Å². The van der Waals surface area contributed by atoms with E-state index >= 15 is 0 Å². The Hall–Kier alpha value is -1.20. The van der Waals surface area contributed by atoms with Crippen LogP contribution in [0.2, 0.25) is 0 Å². The molecule has 1 aliphatic rings. The predicted octanol–water partition coefficient (Wildman–Crippen LogP) is 1.98. The van der Waals surface area contributed by atoms with Crippen LogP contribution in [0.4, 0.5) is 5.82 Å². The first-order valence-electron chi connectivity index (χ1n) is 7.37. The number of aromatic nitrogens is 2. The second-order valence-corrected chi connectivity index (χ2v) is 6.08. The highest BCUT2D eigenvalue weighted by molar-refractivity contribution is 5.37. The normalized spacial score (nSPS) is 23.4. The molecule has 0 amide bonds. The van der Waals surface area contributed by atoms with Crippen molar-refractivity contribution in [2.75, 3.05) is 25.1 Å². The van der Waals surface area contributed by atoms with Crippen LogP contribution in [0.1, 0.15) is 39.3 Å². The van der Waals surface area contributed by atoms with E-state index in [0.29, 0.717) is 6.04 Å². The van der Waals surface area contributed by atoms with Crippen molar-refractivity contribution in [1.82, 2.24) is 15.3 Å². The molecule has 0 spiro atoms. The van der Waals surface area contributed by atoms with Crippen molar-refractivity contribution in [3.63, 3.8) is 0 Å². The first-order chi connectivity index (χ1) is 9.52. The Morgan fingerprint density at radius 2 is 2.25 bits per heavy atom. The van der Waals surface area contributed by atoms with E-state index < -0.39 is 0 Å². The summed E-state index contributed by atoms with van der Waals surface area (Å²) in [5.41, 5.74) is 0.910. The molecule has 1 saturated heterocycles. The SMILES string of the molecule is COC1(C)CCCN(c2cncc(CNC(C)C)n2)C1. The molecule has 5 heteroatoms. The predicted molar refractivity (Wildman–Crippen MR) is 80.9 cm³/mol. The third-order valence-corrected chi connectivity index (χ3v) is 3.84. The fourth-order valence-electron chi connectivity index (χ4n) is 2.51. The third kappa shape index (κ3) is 3.90. The molecule has 1 aliphatic heterocycles. The molecular weight excluding hydrogens is 252 g/mol. The van der Waals surface area contributed by atoms with Gasteiger partial charge in [-0.15, -0.1) is 0 Å². The Bertz CT molecular complexity index is 438. The number of hydrogen-bond acceptors (Lipinski definition) is 5. The maximum absolute atomic E-state index is 5.64. The molecule has 1 N–H and O–H groups in total. The zero-order chi connectivity index (χ0) is 14.6. The molecule has 5 nitrogen and oxygen atoms in total. The first kappa shape index (κ1) is 15.2. The Morgan fingerprint density at radius 3 is 2.95 bits per heavy atom. The number of anilines is 1. The largest absolute Gasteiger partial charge is 0.377 e. The molecule has 20 heavy (non-hydrogen) atoms. The van der Waals surface area contributed by atoms with Gasteiger partial charge in [0.05, 0.1) is 17.5 Å². The average molecular weight is 278 g/mol. The summed E-state index contributed by atoms with van der Waals surface area (Å²) >= 11 is 0. The van der Waals surface area contributed by atoms with Crippen LogP contribution in [-0.4, -0.2) is 41.8 Å². The van der Waals surface area contributed by atoms with E-state index in [4.69, 9.17) is 9.72 Å². The summed E-state index contributed by atoms with van der Waals surface area (Å²) in [6, 6.07) is 0.451. The number of methoxy groups -OCH3 is 1. The van der Waals surface area contributed by atoms with Gasteiger partial charge in [0.2, 0.25) is 0 Å². The van der Waals surface area contributed by atoms with E-state index in [2.05, 4.69) is 36.0 Å². The minimum Gasteiger partial charge on any atom is -0.377 e. The van der Waals surface area contributed by atoms with E-state index in [9.17, 15) is 0 Å². The minimum absolute atomic E-state index is 0.0773. The number of nitrogens with one attached hydrogen (secondary N) is 1. The fraction of sp³-hybridized carbons (Fsp3) is 0.733. The van der Waals surface area contributed by atoms with Gasteiger partial charge in [-0.25, -0.2) is 4.98 Å². The lowest BCUT2D eigenvalue weighted by molar-refractivity contribution is -0.00483. The Balaban J connectivity index is 2.06. The molecular formula is C15H26N4O. The van der Waals surface area contributed by atoms with Crippen LogP contribution in [0.3, 0.4) is 0 Å². The number of rotatable bonds is 5. The fourth-order valence-corrected chi connectivity index (χ4v) is 2.51. The molecule has 0 bridgehead atoms. The molecule has 1 unspecified atom stereocenters. The van der Waals surface area contributed by atoms with Gasteiger partial charge in [-0.2, -0.15) is 0 Å². The van der Waals surface area contributed by atoms with Crippen molar-refractivity contribution in [3.05, 3.63) is 18.1 Å². The van der Waals surface area contributed by atoms with Crippen LogP contribution >= 0.6 is 0 Å². The summed E-state index contributed by atoms with van der Waals surface area (Å²) in [6.07, 6.45) is 5.90. The van der Waals surface area contributed by atoms with E-state index in [1.807, 2.05) is 12.4 Å².